The van der Waals surface area contributed by atoms with E-state index in [1.54, 1.807) is 34.8 Å². The van der Waals surface area contributed by atoms with Crippen LogP contribution < -0.4 is 15.6 Å². The summed E-state index contributed by atoms with van der Waals surface area (Å²) in [6.45, 7) is 0. The summed E-state index contributed by atoms with van der Waals surface area (Å²) in [6.07, 6.45) is 0. The summed E-state index contributed by atoms with van der Waals surface area (Å²) in [4.78, 5) is 26.5. The quantitative estimate of drug-likeness (QED) is 0.275. The van der Waals surface area contributed by atoms with Gasteiger partial charge < -0.3 is 4.74 Å². The molecule has 2 heterocycles. The van der Waals surface area contributed by atoms with Crippen LogP contribution in [0, 0.1) is 0 Å². The van der Waals surface area contributed by atoms with Gasteiger partial charge in [-0.1, -0.05) is 36.4 Å². The lowest BCUT2D eigenvalue weighted by molar-refractivity contribution is 0.494. The van der Waals surface area contributed by atoms with Gasteiger partial charge in [0.05, 0.1) is 10.8 Å². The zero-order chi connectivity index (χ0) is 20.9. The molecule has 0 aliphatic heterocycles. The number of hydrogen-bond acceptors (Lipinski definition) is 5. The van der Waals surface area contributed by atoms with Crippen molar-refractivity contribution < 1.29 is 4.74 Å². The molecule has 0 unspecified atom stereocenters. The largest absolute Gasteiger partial charge is 0.456 e. The third-order valence-electron chi connectivity index (χ3n) is 5.35. The van der Waals surface area contributed by atoms with Gasteiger partial charge in [-0.15, -0.1) is 22.7 Å². The maximum atomic E-state index is 13.3. The Kier molecular flexibility index (Phi) is 4.13. The number of rotatable bonds is 2. The third-order valence-corrected chi connectivity index (χ3v) is 7.63. The van der Waals surface area contributed by atoms with E-state index in [1.165, 1.54) is 0 Å². The van der Waals surface area contributed by atoms with Crippen LogP contribution in [0.5, 0.6) is 11.5 Å². The van der Waals surface area contributed by atoms with Crippen molar-refractivity contribution in [3.05, 3.63) is 105 Å². The van der Waals surface area contributed by atoms with Gasteiger partial charge in [-0.3, -0.25) is 9.59 Å². The van der Waals surface area contributed by atoms with E-state index in [1.807, 2.05) is 72.8 Å². The highest BCUT2D eigenvalue weighted by Gasteiger charge is 2.15. The molecule has 0 atom stereocenters. The normalized spacial score (nSPS) is 11.5. The van der Waals surface area contributed by atoms with Crippen molar-refractivity contribution in [2.45, 2.75) is 0 Å². The van der Waals surface area contributed by atoms with Gasteiger partial charge in [0.15, 0.2) is 10.9 Å². The van der Waals surface area contributed by atoms with Gasteiger partial charge >= 0.3 is 0 Å². The average Bonchev–Trinajstić information content (AvgIpc) is 2.79. The van der Waals surface area contributed by atoms with Crippen molar-refractivity contribution in [2.75, 3.05) is 0 Å². The molecule has 6 rings (SSSR count). The molecule has 3 nitrogen and oxygen atoms in total. The van der Waals surface area contributed by atoms with Gasteiger partial charge in [0.25, 0.3) is 0 Å². The van der Waals surface area contributed by atoms with Crippen LogP contribution in [0.3, 0.4) is 0 Å². The van der Waals surface area contributed by atoms with Crippen LogP contribution in [-0.4, -0.2) is 0 Å². The van der Waals surface area contributed by atoms with Crippen molar-refractivity contribution >= 4 is 63.0 Å². The molecule has 4 aromatic carbocycles. The van der Waals surface area contributed by atoms with Gasteiger partial charge in [0, 0.05) is 29.6 Å². The molecule has 0 aliphatic rings. The van der Waals surface area contributed by atoms with E-state index in [-0.39, 0.29) is 10.9 Å². The highest BCUT2D eigenvalue weighted by atomic mass is 32.1. The molecule has 0 bridgehead atoms. The van der Waals surface area contributed by atoms with Gasteiger partial charge in [-0.2, -0.15) is 0 Å². The molecule has 0 radical (unpaired) electrons. The Balaban J connectivity index is 1.63. The molecule has 2 aromatic heterocycles. The zero-order valence-corrected chi connectivity index (χ0v) is 17.8. The monoisotopic (exact) mass is 438 g/mol. The molecule has 0 aliphatic carbocycles. The van der Waals surface area contributed by atoms with Gasteiger partial charge in [0.2, 0.25) is 0 Å². The molecule has 6 aromatic rings. The lowest BCUT2D eigenvalue weighted by Gasteiger charge is -2.11. The first-order valence-electron chi connectivity index (χ1n) is 9.78. The van der Waals surface area contributed by atoms with E-state index < -0.39 is 0 Å². The minimum Gasteiger partial charge on any atom is -0.456 e. The average molecular weight is 439 g/mol. The summed E-state index contributed by atoms with van der Waals surface area (Å²) in [5.74, 6) is 0.934. The van der Waals surface area contributed by atoms with Crippen LogP contribution in [0.15, 0.2) is 94.5 Å². The second kappa shape index (κ2) is 7.01. The van der Waals surface area contributed by atoms with Gasteiger partial charge in [-0.05, 0) is 48.5 Å². The van der Waals surface area contributed by atoms with Crippen LogP contribution in [0.25, 0.3) is 40.3 Å². The van der Waals surface area contributed by atoms with E-state index in [9.17, 15) is 9.59 Å². The summed E-state index contributed by atoms with van der Waals surface area (Å²) < 4.78 is 9.88. The van der Waals surface area contributed by atoms with E-state index >= 15 is 0 Å². The summed E-state index contributed by atoms with van der Waals surface area (Å²) in [6, 6.07) is 26.4. The summed E-state index contributed by atoms with van der Waals surface area (Å²) in [5.41, 5.74) is -0.119. The minimum atomic E-state index is -0.0594. The Bertz CT molecular complexity index is 1630. The second-order valence-corrected chi connectivity index (χ2v) is 9.38. The van der Waals surface area contributed by atoms with Crippen molar-refractivity contribution in [1.29, 1.82) is 0 Å². The molecule has 0 amide bonds. The van der Waals surface area contributed by atoms with Crippen LogP contribution in [0.4, 0.5) is 0 Å². The lowest BCUT2D eigenvalue weighted by atomic mass is 10.1. The molecule has 148 valence electrons. The van der Waals surface area contributed by atoms with E-state index in [0.29, 0.717) is 33.0 Å². The Labute approximate surface area is 184 Å². The summed E-state index contributed by atoms with van der Waals surface area (Å²) >= 11 is 3.12. The van der Waals surface area contributed by atoms with E-state index in [4.69, 9.17) is 4.74 Å². The van der Waals surface area contributed by atoms with Crippen molar-refractivity contribution in [3.8, 4) is 11.5 Å². The van der Waals surface area contributed by atoms with E-state index in [2.05, 4.69) is 0 Å². The molecule has 5 heteroatoms. The van der Waals surface area contributed by atoms with Crippen LogP contribution >= 0.6 is 22.7 Å². The Hall–Kier alpha value is -3.54. The fourth-order valence-electron chi connectivity index (χ4n) is 3.92. The van der Waals surface area contributed by atoms with E-state index in [0.717, 1.165) is 18.8 Å². The molecule has 0 saturated carbocycles. The molecule has 31 heavy (non-hydrogen) atoms. The smallest absolute Gasteiger partial charge is 0.199 e. The Morgan fingerprint density at radius 1 is 0.484 bits per heavy atom. The standard InChI is InChI=1S/C26H14O3S2/c27-25-15-7-1-3-11-19(15)30-21-13-5-9-17(23(21)25)29-18-10-6-14-22-24(18)26(28)16-8-2-4-12-20(16)31-22/h1-14H. The van der Waals surface area contributed by atoms with Crippen LogP contribution in [-0.2, 0) is 0 Å². The van der Waals surface area contributed by atoms with Crippen LogP contribution in [0.1, 0.15) is 0 Å². The first-order chi connectivity index (χ1) is 15.2. The number of hydrogen-bond donors (Lipinski definition) is 0. The predicted molar refractivity (Wildman–Crippen MR) is 131 cm³/mol. The maximum Gasteiger partial charge on any atom is 0.199 e. The van der Waals surface area contributed by atoms with Crippen molar-refractivity contribution in [1.82, 2.24) is 0 Å². The SMILES string of the molecule is O=c1c2ccccc2sc2cccc(Oc3cccc4sc5ccccc5c(=O)c34)c12. The van der Waals surface area contributed by atoms with Gasteiger partial charge in [0.1, 0.15) is 11.5 Å². The zero-order valence-electron chi connectivity index (χ0n) is 16.1. The minimum absolute atomic E-state index is 0.0594. The predicted octanol–water partition coefficient (Wildman–Crippen LogP) is 6.94. The molecule has 0 fully saturated rings. The Morgan fingerprint density at radius 3 is 1.39 bits per heavy atom. The first kappa shape index (κ1) is 18.2. The van der Waals surface area contributed by atoms with Gasteiger partial charge in [-0.25, -0.2) is 0 Å². The number of ether oxygens (including phenoxy) is 1. The number of fused-ring (bicyclic) bond motifs is 4. The molecular weight excluding hydrogens is 424 g/mol. The first-order valence-corrected chi connectivity index (χ1v) is 11.4. The fraction of sp³-hybridized carbons (Fsp3) is 0. The third kappa shape index (κ3) is 2.86. The topological polar surface area (TPSA) is 43.4 Å². The Morgan fingerprint density at radius 2 is 0.903 bits per heavy atom. The second-order valence-electron chi connectivity index (χ2n) is 7.22. The fourth-order valence-corrected chi connectivity index (χ4v) is 6.11. The summed E-state index contributed by atoms with van der Waals surface area (Å²) in [5, 5.41) is 2.43. The highest BCUT2D eigenvalue weighted by molar-refractivity contribution is 7.25. The highest BCUT2D eigenvalue weighted by Crippen LogP contribution is 2.36. The molecule has 0 N–H and O–H groups in total. The van der Waals surface area contributed by atoms with Crippen molar-refractivity contribution in [3.63, 3.8) is 0 Å². The number of benzene rings is 4. The van der Waals surface area contributed by atoms with Crippen LogP contribution in [0.2, 0.25) is 0 Å². The van der Waals surface area contributed by atoms with Crippen molar-refractivity contribution in [2.24, 2.45) is 0 Å². The molecular formula is C26H14O3S2. The summed E-state index contributed by atoms with van der Waals surface area (Å²) in [7, 11) is 0. The molecule has 0 saturated heterocycles. The maximum absolute atomic E-state index is 13.3. The molecule has 0 spiro atoms. The lowest BCUT2D eigenvalue weighted by Crippen LogP contribution is -2.05.